The summed E-state index contributed by atoms with van der Waals surface area (Å²) >= 11 is 11.6. The molecule has 0 spiro atoms. The molecule has 1 amide bonds. The number of hydrogen-bond donors (Lipinski definition) is 2. The van der Waals surface area contributed by atoms with Crippen molar-refractivity contribution in [1.82, 2.24) is 0 Å². The van der Waals surface area contributed by atoms with E-state index in [1.807, 2.05) is 0 Å². The van der Waals surface area contributed by atoms with Gasteiger partial charge in [0.1, 0.15) is 5.82 Å². The standard InChI is InChI=1S/C17H13Cl2FN2O4/c1-8(23)22-10-2-3-11(14(20)6-10)15(24)7-26-17(25)12-4-9(18)5-13(19)16(12)21/h2-6H,7,21H2,1H3,(H,22,23). The number of ketones is 1. The molecule has 0 saturated carbocycles. The predicted molar refractivity (Wildman–Crippen MR) is 96.2 cm³/mol. The summed E-state index contributed by atoms with van der Waals surface area (Å²) in [6, 6.07) is 6.13. The first-order chi connectivity index (χ1) is 12.2. The number of nitrogens with one attached hydrogen (secondary N) is 1. The summed E-state index contributed by atoms with van der Waals surface area (Å²) in [7, 11) is 0. The van der Waals surface area contributed by atoms with Crippen LogP contribution < -0.4 is 11.1 Å². The smallest absolute Gasteiger partial charge is 0.340 e. The number of amides is 1. The zero-order chi connectivity index (χ0) is 19.4. The van der Waals surface area contributed by atoms with E-state index in [9.17, 15) is 18.8 Å². The molecule has 0 aliphatic rings. The first-order valence-corrected chi connectivity index (χ1v) is 7.96. The quantitative estimate of drug-likeness (QED) is 0.454. The molecule has 0 atom stereocenters. The van der Waals surface area contributed by atoms with Crippen LogP contribution in [0.4, 0.5) is 15.8 Å². The van der Waals surface area contributed by atoms with Crippen LogP contribution in [0, 0.1) is 5.82 Å². The van der Waals surface area contributed by atoms with Crippen LogP contribution in [-0.2, 0) is 9.53 Å². The Hall–Kier alpha value is -2.64. The minimum absolute atomic E-state index is 0.0423. The van der Waals surface area contributed by atoms with Gasteiger partial charge >= 0.3 is 5.97 Å². The second kappa shape index (κ2) is 8.16. The van der Waals surface area contributed by atoms with Gasteiger partial charge in [0.2, 0.25) is 11.7 Å². The van der Waals surface area contributed by atoms with Gasteiger partial charge in [-0.3, -0.25) is 9.59 Å². The molecule has 0 fully saturated rings. The topological polar surface area (TPSA) is 98.5 Å². The molecule has 0 aliphatic heterocycles. The van der Waals surface area contributed by atoms with Gasteiger partial charge in [0.15, 0.2) is 6.61 Å². The van der Waals surface area contributed by atoms with E-state index in [4.69, 9.17) is 33.7 Å². The van der Waals surface area contributed by atoms with Gasteiger partial charge in [0, 0.05) is 17.6 Å². The molecule has 0 bridgehead atoms. The maximum Gasteiger partial charge on any atom is 0.340 e. The first kappa shape index (κ1) is 19.7. The Bertz CT molecular complexity index is 903. The minimum atomic E-state index is -0.921. The molecule has 0 radical (unpaired) electrons. The molecule has 0 aliphatic carbocycles. The molecule has 0 unspecified atom stereocenters. The Morgan fingerprint density at radius 1 is 1.15 bits per heavy atom. The number of halogens is 3. The van der Waals surface area contributed by atoms with Crippen molar-refractivity contribution in [2.75, 3.05) is 17.7 Å². The van der Waals surface area contributed by atoms with E-state index in [1.54, 1.807) is 0 Å². The van der Waals surface area contributed by atoms with E-state index in [0.29, 0.717) is 0 Å². The minimum Gasteiger partial charge on any atom is -0.454 e. The van der Waals surface area contributed by atoms with Crippen LogP contribution in [0.5, 0.6) is 0 Å². The Morgan fingerprint density at radius 3 is 2.46 bits per heavy atom. The zero-order valence-electron chi connectivity index (χ0n) is 13.4. The van der Waals surface area contributed by atoms with E-state index in [2.05, 4.69) is 5.32 Å². The molecule has 2 rings (SSSR count). The molecule has 3 N–H and O–H groups in total. The summed E-state index contributed by atoms with van der Waals surface area (Å²) in [5, 5.41) is 2.62. The van der Waals surface area contributed by atoms with Gasteiger partial charge in [-0.2, -0.15) is 0 Å². The highest BCUT2D eigenvalue weighted by atomic mass is 35.5. The maximum atomic E-state index is 14.0. The lowest BCUT2D eigenvalue weighted by Gasteiger charge is -2.09. The number of Topliss-reactive ketones (excluding diaryl/α,β-unsaturated/α-hetero) is 1. The zero-order valence-corrected chi connectivity index (χ0v) is 14.9. The molecule has 2 aromatic rings. The number of anilines is 2. The van der Waals surface area contributed by atoms with Crippen LogP contribution in [0.15, 0.2) is 30.3 Å². The van der Waals surface area contributed by atoms with Gasteiger partial charge in [-0.1, -0.05) is 23.2 Å². The summed E-state index contributed by atoms with van der Waals surface area (Å²) < 4.78 is 18.9. The van der Waals surface area contributed by atoms with Gasteiger partial charge in [-0.05, 0) is 30.3 Å². The molecule has 2 aromatic carbocycles. The van der Waals surface area contributed by atoms with E-state index in [0.717, 1.165) is 6.07 Å². The average molecular weight is 399 g/mol. The number of nitrogen functional groups attached to an aromatic ring is 1. The predicted octanol–water partition coefficient (Wildman–Crippen LogP) is 3.71. The van der Waals surface area contributed by atoms with Crippen LogP contribution in [0.1, 0.15) is 27.6 Å². The maximum absolute atomic E-state index is 14.0. The largest absolute Gasteiger partial charge is 0.454 e. The normalized spacial score (nSPS) is 10.3. The van der Waals surface area contributed by atoms with Crippen molar-refractivity contribution in [3.63, 3.8) is 0 Å². The first-order valence-electron chi connectivity index (χ1n) is 7.21. The number of benzene rings is 2. The van der Waals surface area contributed by atoms with Crippen LogP contribution in [0.25, 0.3) is 0 Å². The summed E-state index contributed by atoms with van der Waals surface area (Å²) in [6.45, 7) is 0.559. The fraction of sp³-hybridized carbons (Fsp3) is 0.118. The second-order valence-corrected chi connectivity index (χ2v) is 6.07. The highest BCUT2D eigenvalue weighted by Crippen LogP contribution is 2.28. The van der Waals surface area contributed by atoms with Crippen molar-refractivity contribution in [1.29, 1.82) is 0 Å². The van der Waals surface area contributed by atoms with Crippen LogP contribution >= 0.6 is 23.2 Å². The number of ether oxygens (including phenoxy) is 1. The van der Waals surface area contributed by atoms with Crippen molar-refractivity contribution in [2.45, 2.75) is 6.92 Å². The van der Waals surface area contributed by atoms with E-state index in [1.165, 1.54) is 31.2 Å². The van der Waals surface area contributed by atoms with E-state index < -0.39 is 24.2 Å². The number of rotatable bonds is 5. The Balaban J connectivity index is 2.09. The van der Waals surface area contributed by atoms with Crippen molar-refractivity contribution < 1.29 is 23.5 Å². The lowest BCUT2D eigenvalue weighted by atomic mass is 10.1. The van der Waals surface area contributed by atoms with Crippen molar-refractivity contribution in [2.24, 2.45) is 0 Å². The molecule has 0 saturated heterocycles. The van der Waals surface area contributed by atoms with Crippen LogP contribution in [0.3, 0.4) is 0 Å². The molecule has 26 heavy (non-hydrogen) atoms. The lowest BCUT2D eigenvalue weighted by molar-refractivity contribution is -0.114. The molecule has 9 heteroatoms. The summed E-state index contributed by atoms with van der Waals surface area (Å²) in [4.78, 5) is 35.1. The van der Waals surface area contributed by atoms with Gasteiger partial charge < -0.3 is 15.8 Å². The third kappa shape index (κ3) is 4.71. The molecular formula is C17H13Cl2FN2O4. The van der Waals surface area contributed by atoms with Crippen molar-refractivity contribution in [3.05, 3.63) is 57.3 Å². The lowest BCUT2D eigenvalue weighted by Crippen LogP contribution is -2.17. The van der Waals surface area contributed by atoms with Crippen LogP contribution in [-0.4, -0.2) is 24.3 Å². The number of hydrogen-bond acceptors (Lipinski definition) is 5. The third-order valence-corrected chi connectivity index (χ3v) is 3.77. The van der Waals surface area contributed by atoms with Crippen molar-refractivity contribution >= 4 is 52.2 Å². The molecular weight excluding hydrogens is 386 g/mol. The molecule has 136 valence electrons. The van der Waals surface area contributed by atoms with Gasteiger partial charge in [-0.25, -0.2) is 9.18 Å². The Morgan fingerprint density at radius 2 is 1.85 bits per heavy atom. The highest BCUT2D eigenvalue weighted by Gasteiger charge is 2.19. The fourth-order valence-corrected chi connectivity index (χ4v) is 2.56. The third-order valence-electron chi connectivity index (χ3n) is 3.24. The summed E-state index contributed by atoms with van der Waals surface area (Å²) in [5.41, 5.74) is 5.45. The van der Waals surface area contributed by atoms with Gasteiger partial charge in [0.25, 0.3) is 0 Å². The Labute approximate surface area is 158 Å². The number of carbonyl (C=O) groups excluding carboxylic acids is 3. The number of carbonyl (C=O) groups is 3. The van der Waals surface area contributed by atoms with E-state index in [-0.39, 0.29) is 38.5 Å². The van der Waals surface area contributed by atoms with Crippen molar-refractivity contribution in [3.8, 4) is 0 Å². The summed E-state index contributed by atoms with van der Waals surface area (Å²) in [5.74, 6) is -2.93. The fourth-order valence-electron chi connectivity index (χ4n) is 2.06. The summed E-state index contributed by atoms with van der Waals surface area (Å²) in [6.07, 6.45) is 0. The average Bonchev–Trinajstić information content (AvgIpc) is 2.55. The highest BCUT2D eigenvalue weighted by molar-refractivity contribution is 6.37. The number of esters is 1. The van der Waals surface area contributed by atoms with Gasteiger partial charge in [0.05, 0.1) is 21.8 Å². The molecule has 6 nitrogen and oxygen atoms in total. The number of nitrogens with two attached hydrogens (primary N) is 1. The second-order valence-electron chi connectivity index (χ2n) is 5.22. The van der Waals surface area contributed by atoms with Crippen LogP contribution in [0.2, 0.25) is 10.0 Å². The monoisotopic (exact) mass is 398 g/mol. The Kier molecular flexibility index (Phi) is 6.18. The molecule has 0 heterocycles. The van der Waals surface area contributed by atoms with Gasteiger partial charge in [-0.15, -0.1) is 0 Å². The molecule has 0 aromatic heterocycles. The van der Waals surface area contributed by atoms with E-state index >= 15 is 0 Å². The SMILES string of the molecule is CC(=O)Nc1ccc(C(=O)COC(=O)c2cc(Cl)cc(Cl)c2N)c(F)c1.